The number of aromatic hydroxyl groups is 1. The summed E-state index contributed by atoms with van der Waals surface area (Å²) >= 11 is 0. The van der Waals surface area contributed by atoms with Crippen LogP contribution in [0.5, 0.6) is 11.5 Å². The van der Waals surface area contributed by atoms with E-state index in [1.165, 1.54) is 0 Å². The molecule has 1 aromatic rings. The summed E-state index contributed by atoms with van der Waals surface area (Å²) in [7, 11) is 0. The van der Waals surface area contributed by atoms with Crippen molar-refractivity contribution in [1.82, 2.24) is 0 Å². The second kappa shape index (κ2) is 3.80. The predicted molar refractivity (Wildman–Crippen MR) is 76.6 cm³/mol. The third kappa shape index (κ3) is 1.24. The molecule has 0 radical (unpaired) electrons. The minimum Gasteiger partial charge on any atom is -0.504 e. The van der Waals surface area contributed by atoms with Crippen LogP contribution >= 0.6 is 0 Å². The van der Waals surface area contributed by atoms with Gasteiger partial charge in [-0.25, -0.2) is 0 Å². The quantitative estimate of drug-likeness (QED) is 0.830. The van der Waals surface area contributed by atoms with Gasteiger partial charge in [0.15, 0.2) is 23.4 Å². The Hall–Kier alpha value is -1.55. The van der Waals surface area contributed by atoms with Crippen molar-refractivity contribution < 1.29 is 19.7 Å². The third-order valence-corrected chi connectivity index (χ3v) is 6.07. The molecule has 2 aliphatic carbocycles. The monoisotopic (exact) mass is 288 g/mol. The maximum absolute atomic E-state index is 12.4. The zero-order valence-electron chi connectivity index (χ0n) is 12.3. The number of carbonyl (C=O) groups excluding carboxylic acids is 1. The summed E-state index contributed by atoms with van der Waals surface area (Å²) in [5, 5.41) is 21.6. The van der Waals surface area contributed by atoms with Crippen molar-refractivity contribution in [3.05, 3.63) is 23.3 Å². The molecule has 3 aliphatic rings. The smallest absolute Gasteiger partial charge is 0.174 e. The Morgan fingerprint density at radius 1 is 1.43 bits per heavy atom. The van der Waals surface area contributed by atoms with Crippen LogP contribution in [0.15, 0.2) is 12.1 Å². The zero-order valence-corrected chi connectivity index (χ0v) is 12.3. The molecule has 1 aliphatic heterocycles. The number of ketones is 1. The zero-order chi connectivity index (χ0) is 15.0. The number of phenolic OH excluding ortho intramolecular Hbond substituents is 1. The van der Waals surface area contributed by atoms with Gasteiger partial charge in [0, 0.05) is 12.0 Å². The first-order valence-corrected chi connectivity index (χ1v) is 7.72. The third-order valence-electron chi connectivity index (χ3n) is 6.07. The predicted octanol–water partition coefficient (Wildman–Crippen LogP) is 2.09. The molecule has 2 N–H and O–H groups in total. The van der Waals surface area contributed by atoms with E-state index in [0.717, 1.165) is 17.5 Å². The van der Waals surface area contributed by atoms with Crippen LogP contribution in [0.2, 0.25) is 0 Å². The highest BCUT2D eigenvalue weighted by atomic mass is 16.5. The summed E-state index contributed by atoms with van der Waals surface area (Å²) in [4.78, 5) is 12.4. The second-order valence-electron chi connectivity index (χ2n) is 6.77. The number of rotatable bonds is 1. The molecule has 0 saturated heterocycles. The average molecular weight is 288 g/mol. The van der Waals surface area contributed by atoms with Gasteiger partial charge in [-0.1, -0.05) is 19.9 Å². The number of hydrogen-bond donors (Lipinski definition) is 2. The number of phenols is 1. The fraction of sp³-hybridized carbons (Fsp3) is 0.588. The van der Waals surface area contributed by atoms with Gasteiger partial charge in [-0.15, -0.1) is 0 Å². The van der Waals surface area contributed by atoms with Gasteiger partial charge in [0.25, 0.3) is 0 Å². The molecule has 4 rings (SSSR count). The lowest BCUT2D eigenvalue weighted by Gasteiger charge is -2.55. The summed E-state index contributed by atoms with van der Waals surface area (Å²) in [6.45, 7) is 4.05. The molecular weight excluding hydrogens is 268 g/mol. The van der Waals surface area contributed by atoms with Crippen molar-refractivity contribution in [3.8, 4) is 11.5 Å². The van der Waals surface area contributed by atoms with E-state index in [1.807, 2.05) is 13.0 Å². The molecule has 0 aromatic heterocycles. The van der Waals surface area contributed by atoms with Crippen molar-refractivity contribution in [3.63, 3.8) is 0 Å². The molecule has 0 bridgehead atoms. The first-order chi connectivity index (χ1) is 9.95. The summed E-state index contributed by atoms with van der Waals surface area (Å²) in [6, 6.07) is 3.54. The Morgan fingerprint density at radius 2 is 2.19 bits per heavy atom. The Morgan fingerprint density at radius 3 is 2.90 bits per heavy atom. The fourth-order valence-electron chi connectivity index (χ4n) is 5.05. The molecule has 1 saturated carbocycles. The molecule has 0 unspecified atom stereocenters. The molecule has 0 amide bonds. The Bertz CT molecular complexity index is 652. The lowest BCUT2D eigenvalue weighted by Crippen LogP contribution is -2.67. The standard InChI is InChI=1S/C17H20O4/c1-3-16-13-10-4-5-11(18)14(13)21-15(16)12(19)6-7-17(16,20)9(2)8-10/h4-5,9,15,18,20H,3,6-8H2,1-2H3/t9-,15+,16+,17-/m1/s1. The molecule has 21 heavy (non-hydrogen) atoms. The molecule has 4 atom stereocenters. The fourth-order valence-corrected chi connectivity index (χ4v) is 5.05. The Kier molecular flexibility index (Phi) is 2.38. The van der Waals surface area contributed by atoms with Crippen molar-refractivity contribution in [2.45, 2.75) is 56.7 Å². The van der Waals surface area contributed by atoms with E-state index in [0.29, 0.717) is 25.0 Å². The molecular formula is C17H20O4. The summed E-state index contributed by atoms with van der Waals surface area (Å²) < 4.78 is 5.89. The van der Waals surface area contributed by atoms with Crippen LogP contribution in [0, 0.1) is 5.92 Å². The second-order valence-corrected chi connectivity index (χ2v) is 6.77. The number of Topliss-reactive ketones (excluding diaryl/α,β-unsaturated/α-hetero) is 1. The number of aliphatic hydroxyl groups is 1. The van der Waals surface area contributed by atoms with Crippen LogP contribution in [-0.4, -0.2) is 27.7 Å². The van der Waals surface area contributed by atoms with Crippen LogP contribution in [0.25, 0.3) is 0 Å². The van der Waals surface area contributed by atoms with Gasteiger partial charge in [-0.3, -0.25) is 4.79 Å². The Labute approximate surface area is 123 Å². The SMILES string of the molecule is CC[C@]12c3c4ccc(O)c3O[C@H]1C(=O)CC[C@@]2(O)[C@H](C)C4. The average Bonchev–Trinajstić information content (AvgIpc) is 2.84. The molecule has 4 nitrogen and oxygen atoms in total. The van der Waals surface area contributed by atoms with E-state index in [-0.39, 0.29) is 17.5 Å². The lowest BCUT2D eigenvalue weighted by atomic mass is 9.49. The maximum Gasteiger partial charge on any atom is 0.174 e. The highest BCUT2D eigenvalue weighted by molar-refractivity contribution is 5.89. The summed E-state index contributed by atoms with van der Waals surface area (Å²) in [5.74, 6) is 0.595. The van der Waals surface area contributed by atoms with E-state index >= 15 is 0 Å². The first kappa shape index (κ1) is 13.1. The normalized spacial score (nSPS) is 39.9. The van der Waals surface area contributed by atoms with Gasteiger partial charge in [0.05, 0.1) is 11.0 Å². The van der Waals surface area contributed by atoms with E-state index in [2.05, 4.69) is 6.92 Å². The largest absolute Gasteiger partial charge is 0.504 e. The molecule has 0 spiro atoms. The van der Waals surface area contributed by atoms with Gasteiger partial charge < -0.3 is 14.9 Å². The Balaban J connectivity index is 2.09. The van der Waals surface area contributed by atoms with Gasteiger partial charge in [0.2, 0.25) is 0 Å². The molecule has 1 heterocycles. The minimum absolute atomic E-state index is 0.0391. The van der Waals surface area contributed by atoms with Crippen molar-refractivity contribution in [2.24, 2.45) is 5.92 Å². The van der Waals surface area contributed by atoms with Crippen LogP contribution in [0.1, 0.15) is 44.2 Å². The van der Waals surface area contributed by atoms with Gasteiger partial charge in [-0.2, -0.15) is 0 Å². The molecule has 1 fully saturated rings. The topological polar surface area (TPSA) is 66.8 Å². The van der Waals surface area contributed by atoms with Crippen molar-refractivity contribution >= 4 is 5.78 Å². The van der Waals surface area contributed by atoms with Gasteiger partial charge >= 0.3 is 0 Å². The highest BCUT2D eigenvalue weighted by Crippen LogP contribution is 2.63. The van der Waals surface area contributed by atoms with Crippen LogP contribution in [-0.2, 0) is 16.6 Å². The molecule has 112 valence electrons. The van der Waals surface area contributed by atoms with Gasteiger partial charge in [0.1, 0.15) is 0 Å². The number of ether oxygens (including phenoxy) is 1. The van der Waals surface area contributed by atoms with E-state index in [1.54, 1.807) is 6.07 Å². The van der Waals surface area contributed by atoms with E-state index < -0.39 is 17.1 Å². The number of carbonyl (C=O) groups is 1. The minimum atomic E-state index is -0.938. The summed E-state index contributed by atoms with van der Waals surface area (Å²) in [6.07, 6.45) is 1.55. The number of benzene rings is 1. The van der Waals surface area contributed by atoms with Crippen LogP contribution in [0.3, 0.4) is 0 Å². The van der Waals surface area contributed by atoms with Crippen molar-refractivity contribution in [2.75, 3.05) is 0 Å². The maximum atomic E-state index is 12.4. The highest BCUT2D eigenvalue weighted by Gasteiger charge is 2.69. The van der Waals surface area contributed by atoms with E-state index in [9.17, 15) is 15.0 Å². The van der Waals surface area contributed by atoms with Gasteiger partial charge in [-0.05, 0) is 36.8 Å². The van der Waals surface area contributed by atoms with Crippen molar-refractivity contribution in [1.29, 1.82) is 0 Å². The lowest BCUT2D eigenvalue weighted by molar-refractivity contribution is -0.163. The van der Waals surface area contributed by atoms with Crippen LogP contribution in [0.4, 0.5) is 0 Å². The van der Waals surface area contributed by atoms with E-state index in [4.69, 9.17) is 4.74 Å². The number of hydrogen-bond acceptors (Lipinski definition) is 4. The first-order valence-electron chi connectivity index (χ1n) is 7.72. The molecule has 1 aromatic carbocycles. The van der Waals surface area contributed by atoms with Crippen LogP contribution < -0.4 is 4.74 Å². The molecule has 4 heteroatoms. The summed E-state index contributed by atoms with van der Waals surface area (Å²) in [5.41, 5.74) is 0.332.